The molecule has 21 heavy (non-hydrogen) atoms. The van der Waals surface area contributed by atoms with Crippen molar-refractivity contribution in [3.63, 3.8) is 0 Å². The Kier molecular flexibility index (Phi) is 4.13. The molecule has 1 aliphatic heterocycles. The molecule has 0 spiro atoms. The minimum atomic E-state index is 0.555. The first-order valence-corrected chi connectivity index (χ1v) is 7.85. The highest BCUT2D eigenvalue weighted by molar-refractivity contribution is 5.49. The second-order valence-electron chi connectivity index (χ2n) is 5.76. The van der Waals surface area contributed by atoms with Crippen LogP contribution in [0.2, 0.25) is 0 Å². The van der Waals surface area contributed by atoms with Gasteiger partial charge in [0.15, 0.2) is 0 Å². The Bertz CT molecular complexity index is 568. The van der Waals surface area contributed by atoms with E-state index in [0.717, 1.165) is 19.5 Å². The Morgan fingerprint density at radius 2 is 1.90 bits per heavy atom. The summed E-state index contributed by atoms with van der Waals surface area (Å²) in [5.41, 5.74) is 3.72. The van der Waals surface area contributed by atoms with Gasteiger partial charge in [-0.3, -0.25) is 4.68 Å². The van der Waals surface area contributed by atoms with Crippen LogP contribution in [0.3, 0.4) is 0 Å². The highest BCUT2D eigenvalue weighted by Crippen LogP contribution is 2.23. The maximum Gasteiger partial charge on any atom is 0.0853 e. The summed E-state index contributed by atoms with van der Waals surface area (Å²) in [6.07, 6.45) is 5.42. The Morgan fingerprint density at radius 1 is 1.19 bits per heavy atom. The molecule has 4 heteroatoms. The first-order chi connectivity index (χ1) is 10.3. The minimum Gasteiger partial charge on any atom is -0.379 e. The predicted molar refractivity (Wildman–Crippen MR) is 87.9 cm³/mol. The molecule has 3 rings (SSSR count). The van der Waals surface area contributed by atoms with Crippen LogP contribution in [0.5, 0.6) is 0 Å². The Morgan fingerprint density at radius 3 is 2.57 bits per heavy atom. The zero-order chi connectivity index (χ0) is 14.7. The number of benzene rings is 1. The zero-order valence-corrected chi connectivity index (χ0v) is 12.9. The molecule has 1 fully saturated rings. The number of anilines is 2. The van der Waals surface area contributed by atoms with Crippen LogP contribution in [-0.4, -0.2) is 28.9 Å². The molecule has 112 valence electrons. The van der Waals surface area contributed by atoms with Crippen LogP contribution in [0.4, 0.5) is 11.4 Å². The lowest BCUT2D eigenvalue weighted by molar-refractivity contribution is 0.526. The molecule has 0 atom stereocenters. The largest absolute Gasteiger partial charge is 0.379 e. The molecule has 0 amide bonds. The summed E-state index contributed by atoms with van der Waals surface area (Å²) >= 11 is 0. The summed E-state index contributed by atoms with van der Waals surface area (Å²) in [6.45, 7) is 4.39. The van der Waals surface area contributed by atoms with Crippen LogP contribution in [-0.2, 0) is 13.5 Å². The molecule has 0 unspecified atom stereocenters. The number of aryl methyl sites for hydroxylation is 2. The van der Waals surface area contributed by atoms with Crippen LogP contribution in [0, 0.1) is 0 Å². The summed E-state index contributed by atoms with van der Waals surface area (Å²) in [5.74, 6) is 0. The van der Waals surface area contributed by atoms with E-state index in [9.17, 15) is 0 Å². The monoisotopic (exact) mass is 284 g/mol. The van der Waals surface area contributed by atoms with E-state index in [2.05, 4.69) is 58.8 Å². The maximum absolute atomic E-state index is 4.50. The van der Waals surface area contributed by atoms with Gasteiger partial charge >= 0.3 is 0 Å². The van der Waals surface area contributed by atoms with Gasteiger partial charge < -0.3 is 10.2 Å². The van der Waals surface area contributed by atoms with Gasteiger partial charge in [0.2, 0.25) is 0 Å². The highest BCUT2D eigenvalue weighted by Gasteiger charge is 2.20. The third-order valence-electron chi connectivity index (χ3n) is 4.22. The van der Waals surface area contributed by atoms with Crippen LogP contribution < -0.4 is 10.2 Å². The first kappa shape index (κ1) is 14.0. The van der Waals surface area contributed by atoms with Crippen molar-refractivity contribution in [3.05, 3.63) is 42.2 Å². The quantitative estimate of drug-likeness (QED) is 0.936. The van der Waals surface area contributed by atoms with E-state index in [1.807, 2.05) is 11.7 Å². The maximum atomic E-state index is 4.50. The summed E-state index contributed by atoms with van der Waals surface area (Å²) in [6, 6.07) is 11.3. The first-order valence-electron chi connectivity index (χ1n) is 7.85. The number of rotatable bonds is 4. The molecule has 0 radical (unpaired) electrons. The molecule has 1 saturated heterocycles. The van der Waals surface area contributed by atoms with E-state index >= 15 is 0 Å². The van der Waals surface area contributed by atoms with Crippen molar-refractivity contribution in [1.29, 1.82) is 0 Å². The molecule has 0 aliphatic carbocycles. The Hall–Kier alpha value is -1.97. The van der Waals surface area contributed by atoms with Gasteiger partial charge in [-0.25, -0.2) is 0 Å². The lowest BCUT2D eigenvalue weighted by atomic mass is 10.0. The molecular weight excluding hydrogens is 260 g/mol. The number of hydrogen-bond donors (Lipinski definition) is 1. The van der Waals surface area contributed by atoms with E-state index in [4.69, 9.17) is 0 Å². The van der Waals surface area contributed by atoms with Gasteiger partial charge in [0.25, 0.3) is 0 Å². The summed E-state index contributed by atoms with van der Waals surface area (Å²) < 4.78 is 1.90. The summed E-state index contributed by atoms with van der Waals surface area (Å²) in [4.78, 5) is 2.47. The lowest BCUT2D eigenvalue weighted by Crippen LogP contribution is -2.39. The number of piperidine rings is 1. The summed E-state index contributed by atoms with van der Waals surface area (Å²) in [7, 11) is 1.99. The molecule has 1 aromatic heterocycles. The number of hydrogen-bond acceptors (Lipinski definition) is 3. The molecule has 1 aromatic carbocycles. The fourth-order valence-electron chi connectivity index (χ4n) is 3.06. The van der Waals surface area contributed by atoms with Crippen molar-refractivity contribution < 1.29 is 0 Å². The standard InChI is InChI=1S/C17H24N4/c1-3-16-17(13-20(2)19-16)18-14-9-11-21(12-10-14)15-7-5-4-6-8-15/h4-8,13-14,18H,3,9-12H2,1-2H3. The van der Waals surface area contributed by atoms with Crippen molar-refractivity contribution in [2.75, 3.05) is 23.3 Å². The van der Waals surface area contributed by atoms with Crippen LogP contribution >= 0.6 is 0 Å². The van der Waals surface area contributed by atoms with E-state index in [0.29, 0.717) is 6.04 Å². The van der Waals surface area contributed by atoms with Crippen molar-refractivity contribution in [2.24, 2.45) is 7.05 Å². The van der Waals surface area contributed by atoms with Gasteiger partial charge in [-0.2, -0.15) is 5.10 Å². The average molecular weight is 284 g/mol. The molecule has 0 bridgehead atoms. The second kappa shape index (κ2) is 6.20. The number of aromatic nitrogens is 2. The van der Waals surface area contributed by atoms with Gasteiger partial charge in [-0.1, -0.05) is 25.1 Å². The molecule has 1 aliphatic rings. The SMILES string of the molecule is CCc1nn(C)cc1NC1CCN(c2ccccc2)CC1. The van der Waals surface area contributed by atoms with E-state index in [1.54, 1.807) is 0 Å². The third-order valence-corrected chi connectivity index (χ3v) is 4.22. The average Bonchev–Trinajstić information content (AvgIpc) is 2.88. The molecule has 4 nitrogen and oxygen atoms in total. The molecule has 2 aromatic rings. The van der Waals surface area contributed by atoms with Crippen molar-refractivity contribution in [1.82, 2.24) is 9.78 Å². The number of nitrogens with zero attached hydrogens (tertiary/aromatic N) is 3. The zero-order valence-electron chi connectivity index (χ0n) is 12.9. The van der Waals surface area contributed by atoms with Crippen molar-refractivity contribution in [3.8, 4) is 0 Å². The van der Waals surface area contributed by atoms with Crippen LogP contribution in [0.1, 0.15) is 25.5 Å². The predicted octanol–water partition coefficient (Wildman–Crippen LogP) is 3.06. The Labute approximate surface area is 126 Å². The van der Waals surface area contributed by atoms with Crippen molar-refractivity contribution >= 4 is 11.4 Å². The van der Waals surface area contributed by atoms with Gasteiger partial charge in [-0.15, -0.1) is 0 Å². The van der Waals surface area contributed by atoms with Crippen molar-refractivity contribution in [2.45, 2.75) is 32.2 Å². The number of para-hydroxylation sites is 1. The normalized spacial score (nSPS) is 16.2. The minimum absolute atomic E-state index is 0.555. The molecule has 1 N–H and O–H groups in total. The summed E-state index contributed by atoms with van der Waals surface area (Å²) in [5, 5.41) is 8.18. The molecular formula is C17H24N4. The van der Waals surface area contributed by atoms with E-state index in [-0.39, 0.29) is 0 Å². The van der Waals surface area contributed by atoms with Crippen LogP contribution in [0.25, 0.3) is 0 Å². The smallest absolute Gasteiger partial charge is 0.0853 e. The topological polar surface area (TPSA) is 33.1 Å². The van der Waals surface area contributed by atoms with Gasteiger partial charge in [0.05, 0.1) is 11.4 Å². The fourth-order valence-corrected chi connectivity index (χ4v) is 3.06. The molecule has 2 heterocycles. The van der Waals surface area contributed by atoms with E-state index in [1.165, 1.54) is 29.9 Å². The lowest BCUT2D eigenvalue weighted by Gasteiger charge is -2.34. The Balaban J connectivity index is 1.58. The molecule has 0 saturated carbocycles. The van der Waals surface area contributed by atoms with Gasteiger partial charge in [0, 0.05) is 38.1 Å². The highest BCUT2D eigenvalue weighted by atomic mass is 15.3. The van der Waals surface area contributed by atoms with Gasteiger partial charge in [-0.05, 0) is 31.4 Å². The third kappa shape index (κ3) is 3.20. The second-order valence-corrected chi connectivity index (χ2v) is 5.76. The van der Waals surface area contributed by atoms with Gasteiger partial charge in [0.1, 0.15) is 0 Å². The fraction of sp³-hybridized carbons (Fsp3) is 0.471. The van der Waals surface area contributed by atoms with Crippen LogP contribution in [0.15, 0.2) is 36.5 Å². The number of nitrogens with one attached hydrogen (secondary N) is 1. The van der Waals surface area contributed by atoms with E-state index < -0.39 is 0 Å².